The van der Waals surface area contributed by atoms with Crippen molar-refractivity contribution in [3.8, 4) is 0 Å². The number of alkyl halides is 3. The Kier molecular flexibility index (Phi) is 5.85. The van der Waals surface area contributed by atoms with Gasteiger partial charge >= 0.3 is 6.18 Å². The van der Waals surface area contributed by atoms with Crippen molar-refractivity contribution >= 4 is 15.9 Å². The molecule has 2 N–H and O–H groups in total. The SMILES string of the molecule is O=C(NCC(F)(F)F)c1ccc(S(=O)(=O)NCCc2ccco2)cc1. The van der Waals surface area contributed by atoms with Crippen LogP contribution in [0.5, 0.6) is 0 Å². The van der Waals surface area contributed by atoms with E-state index in [0.717, 1.165) is 24.3 Å². The van der Waals surface area contributed by atoms with Gasteiger partial charge in [0.15, 0.2) is 0 Å². The van der Waals surface area contributed by atoms with Crippen LogP contribution in [0.4, 0.5) is 13.2 Å². The molecule has 1 amide bonds. The third kappa shape index (κ3) is 5.91. The van der Waals surface area contributed by atoms with Gasteiger partial charge in [0, 0.05) is 18.5 Å². The molecule has 2 rings (SSSR count). The number of nitrogens with one attached hydrogen (secondary N) is 2. The number of amides is 1. The zero-order chi connectivity index (χ0) is 18.5. The quantitative estimate of drug-likeness (QED) is 0.775. The third-order valence-corrected chi connectivity index (χ3v) is 4.60. The molecule has 6 nitrogen and oxygen atoms in total. The molecule has 0 saturated heterocycles. The summed E-state index contributed by atoms with van der Waals surface area (Å²) in [5.41, 5.74) is -0.0706. The van der Waals surface area contributed by atoms with Crippen LogP contribution in [-0.4, -0.2) is 33.6 Å². The van der Waals surface area contributed by atoms with E-state index in [0.29, 0.717) is 12.2 Å². The summed E-state index contributed by atoms with van der Waals surface area (Å²) in [6.45, 7) is -1.34. The van der Waals surface area contributed by atoms with Crippen molar-refractivity contribution in [3.05, 3.63) is 54.0 Å². The van der Waals surface area contributed by atoms with Crippen LogP contribution in [0.3, 0.4) is 0 Å². The van der Waals surface area contributed by atoms with Crippen LogP contribution in [0, 0.1) is 0 Å². The maximum Gasteiger partial charge on any atom is 0.405 e. The molecule has 2 aromatic rings. The molecule has 25 heavy (non-hydrogen) atoms. The molecule has 0 aliphatic heterocycles. The molecular formula is C15H15F3N2O4S. The van der Waals surface area contributed by atoms with Gasteiger partial charge in [0.2, 0.25) is 10.0 Å². The Morgan fingerprint density at radius 3 is 2.36 bits per heavy atom. The van der Waals surface area contributed by atoms with Gasteiger partial charge in [-0.15, -0.1) is 0 Å². The van der Waals surface area contributed by atoms with Gasteiger partial charge in [0.05, 0.1) is 11.2 Å². The van der Waals surface area contributed by atoms with Gasteiger partial charge in [0.25, 0.3) is 5.91 Å². The number of hydrogen-bond donors (Lipinski definition) is 2. The first-order chi connectivity index (χ1) is 11.7. The minimum atomic E-state index is -4.52. The summed E-state index contributed by atoms with van der Waals surface area (Å²) in [4.78, 5) is 11.5. The lowest BCUT2D eigenvalue weighted by molar-refractivity contribution is -0.123. The highest BCUT2D eigenvalue weighted by Crippen LogP contribution is 2.14. The normalized spacial score (nSPS) is 12.1. The van der Waals surface area contributed by atoms with E-state index in [1.165, 1.54) is 6.26 Å². The second-order valence-corrected chi connectivity index (χ2v) is 6.82. The average Bonchev–Trinajstić information content (AvgIpc) is 3.05. The molecule has 0 bridgehead atoms. The Bertz CT molecular complexity index is 800. The Balaban J connectivity index is 1.94. The molecule has 0 spiro atoms. The van der Waals surface area contributed by atoms with E-state index in [-0.39, 0.29) is 17.0 Å². The molecule has 1 aromatic heterocycles. The largest absolute Gasteiger partial charge is 0.469 e. The number of rotatable bonds is 7. The second kappa shape index (κ2) is 7.70. The molecule has 136 valence electrons. The summed E-state index contributed by atoms with van der Waals surface area (Å²) in [5, 5.41) is 1.71. The summed E-state index contributed by atoms with van der Waals surface area (Å²) in [5.74, 6) is -0.313. The van der Waals surface area contributed by atoms with Crippen LogP contribution in [0.15, 0.2) is 52.0 Å². The van der Waals surface area contributed by atoms with E-state index in [9.17, 15) is 26.4 Å². The van der Waals surface area contributed by atoms with Gasteiger partial charge in [-0.2, -0.15) is 13.2 Å². The number of furan rings is 1. The highest BCUT2D eigenvalue weighted by atomic mass is 32.2. The number of halogens is 3. The first-order valence-electron chi connectivity index (χ1n) is 7.14. The highest BCUT2D eigenvalue weighted by molar-refractivity contribution is 7.89. The first kappa shape index (κ1) is 19.0. The van der Waals surface area contributed by atoms with Crippen LogP contribution < -0.4 is 10.0 Å². The van der Waals surface area contributed by atoms with Gasteiger partial charge in [-0.25, -0.2) is 13.1 Å². The minimum absolute atomic E-state index is 0.0706. The third-order valence-electron chi connectivity index (χ3n) is 3.12. The van der Waals surface area contributed by atoms with Crippen molar-refractivity contribution in [1.82, 2.24) is 10.0 Å². The number of carbonyl (C=O) groups excluding carboxylic acids is 1. The molecule has 10 heteroatoms. The Hall–Kier alpha value is -2.33. The van der Waals surface area contributed by atoms with E-state index in [2.05, 4.69) is 4.72 Å². The maximum absolute atomic E-state index is 12.1. The summed E-state index contributed by atoms with van der Waals surface area (Å²) >= 11 is 0. The molecular weight excluding hydrogens is 361 g/mol. The van der Waals surface area contributed by atoms with Crippen molar-refractivity contribution in [2.24, 2.45) is 0 Å². The van der Waals surface area contributed by atoms with Crippen LogP contribution in [0.25, 0.3) is 0 Å². The molecule has 0 radical (unpaired) electrons. The average molecular weight is 376 g/mol. The van der Waals surface area contributed by atoms with Crippen molar-refractivity contribution < 1.29 is 30.8 Å². The van der Waals surface area contributed by atoms with Gasteiger partial charge in [-0.1, -0.05) is 0 Å². The molecule has 0 unspecified atom stereocenters. The summed E-state index contributed by atoms with van der Waals surface area (Å²) in [6.07, 6.45) is -2.67. The van der Waals surface area contributed by atoms with E-state index < -0.39 is 28.7 Å². The van der Waals surface area contributed by atoms with E-state index in [4.69, 9.17) is 4.42 Å². The van der Waals surface area contributed by atoms with Gasteiger partial charge in [-0.3, -0.25) is 4.79 Å². The fourth-order valence-electron chi connectivity index (χ4n) is 1.91. The van der Waals surface area contributed by atoms with Crippen molar-refractivity contribution in [2.75, 3.05) is 13.1 Å². The summed E-state index contributed by atoms with van der Waals surface area (Å²) in [7, 11) is -3.79. The molecule has 0 saturated carbocycles. The highest BCUT2D eigenvalue weighted by Gasteiger charge is 2.28. The fourth-order valence-corrected chi connectivity index (χ4v) is 2.95. The molecule has 1 heterocycles. The van der Waals surface area contributed by atoms with Crippen LogP contribution in [0.2, 0.25) is 0 Å². The Labute approximate surface area is 142 Å². The minimum Gasteiger partial charge on any atom is -0.469 e. The first-order valence-corrected chi connectivity index (χ1v) is 8.63. The van der Waals surface area contributed by atoms with Gasteiger partial charge < -0.3 is 9.73 Å². The van der Waals surface area contributed by atoms with Gasteiger partial charge in [0.1, 0.15) is 12.3 Å². The number of hydrogen-bond acceptors (Lipinski definition) is 4. The number of sulfonamides is 1. The molecule has 0 atom stereocenters. The van der Waals surface area contributed by atoms with Crippen molar-refractivity contribution in [1.29, 1.82) is 0 Å². The predicted octanol–water partition coefficient (Wildman–Crippen LogP) is 2.09. The molecule has 0 fully saturated rings. The smallest absolute Gasteiger partial charge is 0.405 e. The number of benzene rings is 1. The van der Waals surface area contributed by atoms with Crippen molar-refractivity contribution in [2.45, 2.75) is 17.5 Å². The topological polar surface area (TPSA) is 88.4 Å². The van der Waals surface area contributed by atoms with E-state index in [1.807, 2.05) is 0 Å². The van der Waals surface area contributed by atoms with Crippen LogP contribution >= 0.6 is 0 Å². The van der Waals surface area contributed by atoms with E-state index in [1.54, 1.807) is 17.4 Å². The lowest BCUT2D eigenvalue weighted by Crippen LogP contribution is -2.33. The predicted molar refractivity (Wildman–Crippen MR) is 82.4 cm³/mol. The monoisotopic (exact) mass is 376 g/mol. The summed E-state index contributed by atoms with van der Waals surface area (Å²) in [6, 6.07) is 7.99. The number of carbonyl (C=O) groups is 1. The second-order valence-electron chi connectivity index (χ2n) is 5.05. The lowest BCUT2D eigenvalue weighted by Gasteiger charge is -2.09. The molecule has 0 aliphatic rings. The van der Waals surface area contributed by atoms with Crippen LogP contribution in [0.1, 0.15) is 16.1 Å². The fraction of sp³-hybridized carbons (Fsp3) is 0.267. The van der Waals surface area contributed by atoms with Gasteiger partial charge in [-0.05, 0) is 36.4 Å². The van der Waals surface area contributed by atoms with E-state index >= 15 is 0 Å². The Morgan fingerprint density at radius 2 is 1.80 bits per heavy atom. The maximum atomic E-state index is 12.1. The van der Waals surface area contributed by atoms with Crippen LogP contribution in [-0.2, 0) is 16.4 Å². The molecule has 1 aromatic carbocycles. The summed E-state index contributed by atoms with van der Waals surface area (Å²) < 4.78 is 67.9. The zero-order valence-corrected chi connectivity index (χ0v) is 13.7. The standard InChI is InChI=1S/C15H15F3N2O4S/c16-15(17,18)10-19-14(21)11-3-5-13(6-4-11)25(22,23)20-8-7-12-2-1-9-24-12/h1-6,9,20H,7-8,10H2,(H,19,21). The van der Waals surface area contributed by atoms with Crippen molar-refractivity contribution in [3.63, 3.8) is 0 Å². The molecule has 0 aliphatic carbocycles. The zero-order valence-electron chi connectivity index (χ0n) is 12.8. The lowest BCUT2D eigenvalue weighted by atomic mass is 10.2. The Morgan fingerprint density at radius 1 is 1.12 bits per heavy atom.